The Kier molecular flexibility index (Phi) is 1.05. The van der Waals surface area contributed by atoms with Crippen LogP contribution in [0.1, 0.15) is 6.42 Å². The minimum absolute atomic E-state index is 0.965. The van der Waals surface area contributed by atoms with Gasteiger partial charge in [-0.1, -0.05) is 12.2 Å². The molecule has 1 rings (SSSR count). The smallest absolute Gasteiger partial charge is 0.141 e. The zero-order valence-corrected chi connectivity index (χ0v) is 3.39. The first-order valence-corrected chi connectivity index (χ1v) is 1.92. The molecule has 1 aliphatic heterocycles. The minimum atomic E-state index is 0.965. The molecule has 6 heavy (non-hydrogen) atoms. The van der Waals surface area contributed by atoms with Crippen molar-refractivity contribution in [1.29, 1.82) is 0 Å². The largest absolute Gasteiger partial charge is 0.280 e. The SMILES string of the molecule is [C]1C=CCC=N1. The Morgan fingerprint density at radius 1 is 1.67 bits per heavy atom. The predicted octanol–water partition coefficient (Wildman–Crippen LogP) is 1.06. The summed E-state index contributed by atoms with van der Waals surface area (Å²) in [5.74, 6) is 0. The Morgan fingerprint density at radius 3 is 2.83 bits per heavy atom. The molecule has 0 aromatic carbocycles. The normalized spacial score (nSPS) is 18.7. The number of hydrogen-bond donors (Lipinski definition) is 0. The minimum Gasteiger partial charge on any atom is -0.280 e. The van der Waals surface area contributed by atoms with Crippen LogP contribution in [-0.4, -0.2) is 6.21 Å². The number of rotatable bonds is 0. The average Bonchev–Trinajstić information content (AvgIpc) is 1.72. The first kappa shape index (κ1) is 3.59. The second-order valence-electron chi connectivity index (χ2n) is 1.08. The molecule has 0 aromatic heterocycles. The van der Waals surface area contributed by atoms with Gasteiger partial charge in [0.1, 0.15) is 6.54 Å². The van der Waals surface area contributed by atoms with E-state index in [-0.39, 0.29) is 0 Å². The third-order valence-corrected chi connectivity index (χ3v) is 0.600. The van der Waals surface area contributed by atoms with Crippen molar-refractivity contribution in [3.63, 3.8) is 0 Å². The van der Waals surface area contributed by atoms with E-state index in [2.05, 4.69) is 11.5 Å². The van der Waals surface area contributed by atoms with Crippen molar-refractivity contribution in [2.45, 2.75) is 6.42 Å². The third-order valence-electron chi connectivity index (χ3n) is 0.600. The van der Waals surface area contributed by atoms with Gasteiger partial charge in [-0.15, -0.1) is 0 Å². The highest BCUT2D eigenvalue weighted by Gasteiger charge is 1.78. The van der Waals surface area contributed by atoms with Crippen molar-refractivity contribution in [3.05, 3.63) is 18.7 Å². The summed E-state index contributed by atoms with van der Waals surface area (Å²) in [5, 5.41) is 0. The van der Waals surface area contributed by atoms with Gasteiger partial charge in [0.25, 0.3) is 0 Å². The molecule has 1 aliphatic rings. The number of allylic oxidation sites excluding steroid dienone is 1. The van der Waals surface area contributed by atoms with E-state index in [0.717, 1.165) is 6.42 Å². The molecule has 1 nitrogen and oxygen atoms in total. The van der Waals surface area contributed by atoms with Gasteiger partial charge in [0.05, 0.1) is 0 Å². The fourth-order valence-corrected chi connectivity index (χ4v) is 0.330. The molecule has 0 aromatic rings. The lowest BCUT2D eigenvalue weighted by molar-refractivity contribution is 1.33. The Hall–Kier alpha value is -0.590. The van der Waals surface area contributed by atoms with Crippen molar-refractivity contribution in [2.75, 3.05) is 0 Å². The van der Waals surface area contributed by atoms with Gasteiger partial charge < -0.3 is 0 Å². The standard InChI is InChI=1S/C5H5N/c1-2-4-6-5-3-1/h1-2,5H,3H2. The molecule has 1 heterocycles. The van der Waals surface area contributed by atoms with E-state index in [4.69, 9.17) is 0 Å². The quantitative estimate of drug-likeness (QED) is 0.411. The maximum Gasteiger partial charge on any atom is 0.141 e. The molecule has 0 fully saturated rings. The van der Waals surface area contributed by atoms with Crippen LogP contribution in [0.4, 0.5) is 0 Å². The van der Waals surface area contributed by atoms with Crippen LogP contribution in [0.25, 0.3) is 0 Å². The lowest BCUT2D eigenvalue weighted by Crippen LogP contribution is -1.75. The van der Waals surface area contributed by atoms with Crippen molar-refractivity contribution in [3.8, 4) is 0 Å². The van der Waals surface area contributed by atoms with E-state index in [1.165, 1.54) is 0 Å². The summed E-state index contributed by atoms with van der Waals surface area (Å²) < 4.78 is 0. The van der Waals surface area contributed by atoms with Gasteiger partial charge >= 0.3 is 0 Å². The summed E-state index contributed by atoms with van der Waals surface area (Å²) in [6.07, 6.45) is 6.61. The van der Waals surface area contributed by atoms with Crippen LogP contribution < -0.4 is 0 Å². The van der Waals surface area contributed by atoms with Crippen molar-refractivity contribution >= 4 is 6.21 Å². The van der Waals surface area contributed by atoms with Gasteiger partial charge in [0.15, 0.2) is 0 Å². The van der Waals surface area contributed by atoms with E-state index < -0.39 is 0 Å². The van der Waals surface area contributed by atoms with Crippen LogP contribution in [0.2, 0.25) is 0 Å². The lowest BCUT2D eigenvalue weighted by atomic mass is 10.3. The monoisotopic (exact) mass is 79.0 g/mol. The second-order valence-corrected chi connectivity index (χ2v) is 1.08. The van der Waals surface area contributed by atoms with Gasteiger partial charge in [0.2, 0.25) is 0 Å². The van der Waals surface area contributed by atoms with E-state index in [0.29, 0.717) is 0 Å². The van der Waals surface area contributed by atoms with Crippen molar-refractivity contribution in [1.82, 2.24) is 0 Å². The topological polar surface area (TPSA) is 12.4 Å². The summed E-state index contributed by atoms with van der Waals surface area (Å²) in [4.78, 5) is 3.72. The molecule has 30 valence electrons. The summed E-state index contributed by atoms with van der Waals surface area (Å²) in [6, 6.07) is 0. The van der Waals surface area contributed by atoms with Crippen LogP contribution in [0, 0.1) is 6.54 Å². The van der Waals surface area contributed by atoms with Crippen LogP contribution in [0.15, 0.2) is 17.1 Å². The maximum absolute atomic E-state index is 3.72. The maximum atomic E-state index is 3.72. The summed E-state index contributed by atoms with van der Waals surface area (Å²) in [5.41, 5.74) is 0. The van der Waals surface area contributed by atoms with Crippen molar-refractivity contribution < 1.29 is 0 Å². The molecule has 2 radical (unpaired) electrons. The van der Waals surface area contributed by atoms with Gasteiger partial charge in [0, 0.05) is 12.6 Å². The first-order valence-electron chi connectivity index (χ1n) is 1.92. The number of aliphatic imine (C=N–C) groups is 1. The van der Waals surface area contributed by atoms with E-state index in [9.17, 15) is 0 Å². The highest BCUT2D eigenvalue weighted by atomic mass is 14.7. The van der Waals surface area contributed by atoms with E-state index in [1.807, 2.05) is 18.4 Å². The molecule has 0 amide bonds. The molecule has 0 N–H and O–H groups in total. The molecule has 0 saturated heterocycles. The fourth-order valence-electron chi connectivity index (χ4n) is 0.330. The van der Waals surface area contributed by atoms with Crippen LogP contribution >= 0.6 is 0 Å². The van der Waals surface area contributed by atoms with Crippen LogP contribution in [0.3, 0.4) is 0 Å². The Labute approximate surface area is 37.4 Å². The Bertz CT molecular complexity index is 61.9. The summed E-state index contributed by atoms with van der Waals surface area (Å²) >= 11 is 0. The predicted molar refractivity (Wildman–Crippen MR) is 25.5 cm³/mol. The zero-order valence-electron chi connectivity index (χ0n) is 3.39. The highest BCUT2D eigenvalue weighted by Crippen LogP contribution is 1.90. The molecule has 0 spiro atoms. The fraction of sp³-hybridized carbons (Fsp3) is 0.200. The Balaban J connectivity index is 2.40. The summed E-state index contributed by atoms with van der Waals surface area (Å²) in [7, 11) is 0. The second kappa shape index (κ2) is 1.75. The lowest BCUT2D eigenvalue weighted by Gasteiger charge is -1.85. The molecule has 1 heteroatoms. The summed E-state index contributed by atoms with van der Waals surface area (Å²) in [6.45, 7) is 2.67. The van der Waals surface area contributed by atoms with E-state index in [1.54, 1.807) is 0 Å². The van der Waals surface area contributed by atoms with Gasteiger partial charge in [-0.2, -0.15) is 0 Å². The molecule has 0 bridgehead atoms. The molecular weight excluding hydrogens is 74.1 g/mol. The molecule has 0 aliphatic carbocycles. The van der Waals surface area contributed by atoms with Crippen molar-refractivity contribution in [2.24, 2.45) is 4.99 Å². The molecular formula is C5H5N. The van der Waals surface area contributed by atoms with Crippen LogP contribution in [0.5, 0.6) is 0 Å². The third kappa shape index (κ3) is 0.677. The van der Waals surface area contributed by atoms with E-state index >= 15 is 0 Å². The zero-order chi connectivity index (χ0) is 4.24. The molecule has 0 atom stereocenters. The van der Waals surface area contributed by atoms with Crippen LogP contribution in [-0.2, 0) is 0 Å². The highest BCUT2D eigenvalue weighted by molar-refractivity contribution is 5.61. The first-order chi connectivity index (χ1) is 3.00. The van der Waals surface area contributed by atoms with Gasteiger partial charge in [-0.25, -0.2) is 0 Å². The number of hydrogen-bond acceptors (Lipinski definition) is 1. The molecule has 0 saturated carbocycles. The van der Waals surface area contributed by atoms with Gasteiger partial charge in [-0.3, -0.25) is 4.99 Å². The average molecular weight is 79.1 g/mol. The number of dihydropyridines is 1. The molecule has 0 unspecified atom stereocenters. The Morgan fingerprint density at radius 2 is 2.67 bits per heavy atom. The van der Waals surface area contributed by atoms with Gasteiger partial charge in [-0.05, 0) is 0 Å². The number of nitrogens with zero attached hydrogens (tertiary/aromatic N) is 1.